The van der Waals surface area contributed by atoms with Gasteiger partial charge in [-0.05, 0) is 12.0 Å². The van der Waals surface area contributed by atoms with Crippen LogP contribution in [-0.4, -0.2) is 21.7 Å². The first-order valence-electron chi connectivity index (χ1n) is 5.25. The summed E-state index contributed by atoms with van der Waals surface area (Å²) in [6, 6.07) is 8.89. The lowest BCUT2D eigenvalue weighted by molar-refractivity contribution is -0.145. The quantitative estimate of drug-likeness (QED) is 0.827. The van der Waals surface area contributed by atoms with Crippen LogP contribution >= 0.6 is 0 Å². The number of carbonyl (C=O) groups excluding carboxylic acids is 1. The van der Waals surface area contributed by atoms with Gasteiger partial charge in [0.1, 0.15) is 12.4 Å². The molecule has 5 nitrogen and oxygen atoms in total. The van der Waals surface area contributed by atoms with Gasteiger partial charge >= 0.3 is 5.97 Å². The van der Waals surface area contributed by atoms with E-state index < -0.39 is 12.0 Å². The van der Waals surface area contributed by atoms with E-state index in [-0.39, 0.29) is 0 Å². The normalized spacial score (nSPS) is 12.1. The number of aromatic nitrogens is 2. The van der Waals surface area contributed by atoms with Crippen molar-refractivity contribution < 1.29 is 9.63 Å². The predicted molar refractivity (Wildman–Crippen MR) is 61.9 cm³/mol. The molecule has 0 amide bonds. The molecule has 0 saturated heterocycles. The van der Waals surface area contributed by atoms with Crippen molar-refractivity contribution in [2.75, 3.05) is 0 Å². The van der Waals surface area contributed by atoms with E-state index in [0.717, 1.165) is 5.56 Å². The first-order valence-corrected chi connectivity index (χ1v) is 5.25. The van der Waals surface area contributed by atoms with Crippen LogP contribution in [0.1, 0.15) is 5.56 Å². The molecule has 1 heterocycles. The van der Waals surface area contributed by atoms with Gasteiger partial charge in [-0.2, -0.15) is 4.73 Å². The number of rotatable bonds is 4. The van der Waals surface area contributed by atoms with Crippen LogP contribution in [0.25, 0.3) is 0 Å². The molecule has 2 aromatic rings. The van der Waals surface area contributed by atoms with E-state index in [1.165, 1.54) is 23.5 Å². The molecule has 0 saturated carbocycles. The molecule has 0 unspecified atom stereocenters. The van der Waals surface area contributed by atoms with Crippen molar-refractivity contribution in [3.8, 4) is 0 Å². The molecule has 1 atom stereocenters. The van der Waals surface area contributed by atoms with Gasteiger partial charge in [-0.15, -0.1) is 0 Å². The summed E-state index contributed by atoms with van der Waals surface area (Å²) in [6.45, 7) is 0. The summed E-state index contributed by atoms with van der Waals surface area (Å²) in [5, 5.41) is 0. The highest BCUT2D eigenvalue weighted by molar-refractivity contribution is 5.76. The second-order valence-electron chi connectivity index (χ2n) is 3.63. The van der Waals surface area contributed by atoms with Crippen LogP contribution in [-0.2, 0) is 11.2 Å². The van der Waals surface area contributed by atoms with E-state index in [9.17, 15) is 4.79 Å². The Bertz CT molecular complexity index is 468. The number of imidazole rings is 1. The zero-order valence-electron chi connectivity index (χ0n) is 9.19. The summed E-state index contributed by atoms with van der Waals surface area (Å²) < 4.78 is 1.23. The van der Waals surface area contributed by atoms with Gasteiger partial charge in [-0.25, -0.2) is 9.78 Å². The Hall–Kier alpha value is -2.14. The molecule has 0 aliphatic heterocycles. The highest BCUT2D eigenvalue weighted by Crippen LogP contribution is 2.02. The fourth-order valence-electron chi connectivity index (χ4n) is 1.42. The molecule has 0 radical (unpaired) electrons. The van der Waals surface area contributed by atoms with Crippen LogP contribution in [0.4, 0.5) is 0 Å². The summed E-state index contributed by atoms with van der Waals surface area (Å²) in [7, 11) is 0. The van der Waals surface area contributed by atoms with Crippen molar-refractivity contribution in [3.63, 3.8) is 0 Å². The minimum absolute atomic E-state index is 0.453. The Balaban J connectivity index is 1.92. The minimum atomic E-state index is -0.681. The highest BCUT2D eigenvalue weighted by Gasteiger charge is 2.16. The van der Waals surface area contributed by atoms with E-state index in [2.05, 4.69) is 4.98 Å². The van der Waals surface area contributed by atoms with Crippen molar-refractivity contribution in [2.24, 2.45) is 5.73 Å². The number of benzene rings is 1. The van der Waals surface area contributed by atoms with E-state index in [1.807, 2.05) is 30.3 Å². The van der Waals surface area contributed by atoms with Gasteiger partial charge < -0.3 is 10.6 Å². The molecule has 1 aromatic carbocycles. The number of carbonyl (C=O) groups is 1. The third-order valence-electron chi connectivity index (χ3n) is 2.28. The Labute approximate surface area is 98.8 Å². The van der Waals surface area contributed by atoms with Crippen LogP contribution < -0.4 is 10.6 Å². The monoisotopic (exact) mass is 231 g/mol. The molecule has 1 aromatic heterocycles. The summed E-state index contributed by atoms with van der Waals surface area (Å²) in [5.41, 5.74) is 6.76. The molecular weight excluding hydrogens is 218 g/mol. The zero-order chi connectivity index (χ0) is 12.1. The van der Waals surface area contributed by atoms with Gasteiger partial charge in [-0.3, -0.25) is 0 Å². The predicted octanol–water partition coefficient (Wildman–Crippen LogP) is 0.408. The zero-order valence-corrected chi connectivity index (χ0v) is 9.19. The van der Waals surface area contributed by atoms with Gasteiger partial charge in [0.05, 0.1) is 6.20 Å². The first-order chi connectivity index (χ1) is 8.25. The molecule has 0 aliphatic carbocycles. The third kappa shape index (κ3) is 3.15. The third-order valence-corrected chi connectivity index (χ3v) is 2.28. The fourth-order valence-corrected chi connectivity index (χ4v) is 1.42. The van der Waals surface area contributed by atoms with Gasteiger partial charge in [0.15, 0.2) is 0 Å². The molecular formula is C12H13N3O2. The van der Waals surface area contributed by atoms with E-state index in [4.69, 9.17) is 10.6 Å². The second kappa shape index (κ2) is 5.27. The molecule has 0 fully saturated rings. The van der Waals surface area contributed by atoms with Crippen molar-refractivity contribution in [3.05, 3.63) is 54.6 Å². The van der Waals surface area contributed by atoms with Gasteiger partial charge in [0, 0.05) is 6.20 Å². The fraction of sp³-hybridized carbons (Fsp3) is 0.167. The summed E-state index contributed by atoms with van der Waals surface area (Å²) in [6.07, 6.45) is 4.91. The van der Waals surface area contributed by atoms with E-state index >= 15 is 0 Å². The molecule has 0 spiro atoms. The number of hydrogen-bond acceptors (Lipinski definition) is 4. The van der Waals surface area contributed by atoms with Crippen LogP contribution in [0, 0.1) is 0 Å². The highest BCUT2D eigenvalue weighted by atomic mass is 16.7. The molecule has 0 bridgehead atoms. The summed E-state index contributed by atoms with van der Waals surface area (Å²) >= 11 is 0. The minimum Gasteiger partial charge on any atom is -0.334 e. The van der Waals surface area contributed by atoms with Crippen LogP contribution in [0.3, 0.4) is 0 Å². The van der Waals surface area contributed by atoms with Crippen LogP contribution in [0.15, 0.2) is 49.1 Å². The van der Waals surface area contributed by atoms with Gasteiger partial charge in [-0.1, -0.05) is 30.3 Å². The summed E-state index contributed by atoms with van der Waals surface area (Å²) in [5.74, 6) is -0.480. The maximum atomic E-state index is 11.6. The van der Waals surface area contributed by atoms with Crippen LogP contribution in [0.5, 0.6) is 0 Å². The lowest BCUT2D eigenvalue weighted by Gasteiger charge is -2.10. The van der Waals surface area contributed by atoms with E-state index in [1.54, 1.807) is 0 Å². The number of nitrogens with zero attached hydrogens (tertiary/aromatic N) is 2. The van der Waals surface area contributed by atoms with Crippen molar-refractivity contribution >= 4 is 5.97 Å². The lowest BCUT2D eigenvalue weighted by atomic mass is 10.1. The average molecular weight is 231 g/mol. The maximum Gasteiger partial charge on any atom is 0.349 e. The Morgan fingerprint density at radius 1 is 1.41 bits per heavy atom. The largest absolute Gasteiger partial charge is 0.349 e. The topological polar surface area (TPSA) is 70.1 Å². The molecule has 88 valence electrons. The SMILES string of the molecule is N[C@@H](Cc1ccccc1)C(=O)On1ccnc1. The van der Waals surface area contributed by atoms with Crippen LogP contribution in [0.2, 0.25) is 0 Å². The molecule has 17 heavy (non-hydrogen) atoms. The molecule has 0 aliphatic rings. The number of hydrogen-bond donors (Lipinski definition) is 1. The lowest BCUT2D eigenvalue weighted by Crippen LogP contribution is -2.39. The standard InChI is InChI=1S/C12H13N3O2/c13-11(8-10-4-2-1-3-5-10)12(16)17-15-7-6-14-9-15/h1-7,9,11H,8,13H2/t11-/m0/s1. The average Bonchev–Trinajstić information content (AvgIpc) is 2.83. The molecule has 2 rings (SSSR count). The summed E-state index contributed by atoms with van der Waals surface area (Å²) in [4.78, 5) is 20.4. The first kappa shape index (κ1) is 11.3. The Morgan fingerprint density at radius 2 is 2.18 bits per heavy atom. The van der Waals surface area contributed by atoms with E-state index in [0.29, 0.717) is 6.42 Å². The number of nitrogens with two attached hydrogens (primary N) is 1. The van der Waals surface area contributed by atoms with Gasteiger partial charge in [0.2, 0.25) is 0 Å². The smallest absolute Gasteiger partial charge is 0.334 e. The van der Waals surface area contributed by atoms with Crippen molar-refractivity contribution in [2.45, 2.75) is 12.5 Å². The Morgan fingerprint density at radius 3 is 2.82 bits per heavy atom. The van der Waals surface area contributed by atoms with Crippen molar-refractivity contribution in [1.29, 1.82) is 0 Å². The van der Waals surface area contributed by atoms with Crippen molar-refractivity contribution in [1.82, 2.24) is 9.71 Å². The molecule has 2 N–H and O–H groups in total. The Kier molecular flexibility index (Phi) is 3.52. The maximum absolute atomic E-state index is 11.6. The van der Waals surface area contributed by atoms with Gasteiger partial charge in [0.25, 0.3) is 0 Å². The second-order valence-corrected chi connectivity index (χ2v) is 3.63. The molecule has 5 heteroatoms.